The zero-order chi connectivity index (χ0) is 22.7. The van der Waals surface area contributed by atoms with Gasteiger partial charge in [-0.3, -0.25) is 10.1 Å². The Morgan fingerprint density at radius 1 is 1.09 bits per heavy atom. The average Bonchev–Trinajstić information content (AvgIpc) is 3.28. The highest BCUT2D eigenvalue weighted by Crippen LogP contribution is 2.27. The lowest BCUT2D eigenvalue weighted by Crippen LogP contribution is -2.41. The number of nitrogens with zero attached hydrogens (tertiary/aromatic N) is 3. The summed E-state index contributed by atoms with van der Waals surface area (Å²) in [5.74, 6) is 0.206. The number of aromatic nitrogens is 2. The second-order valence-corrected chi connectivity index (χ2v) is 9.64. The number of methoxy groups -OCH3 is 1. The van der Waals surface area contributed by atoms with Gasteiger partial charge in [0.15, 0.2) is 0 Å². The van der Waals surface area contributed by atoms with E-state index in [4.69, 9.17) is 20.8 Å². The Morgan fingerprint density at radius 2 is 1.75 bits per heavy atom. The third-order valence-corrected chi connectivity index (χ3v) is 7.43. The van der Waals surface area contributed by atoms with E-state index in [2.05, 4.69) is 15.5 Å². The molecular formula is C21H21ClN4O5S. The summed E-state index contributed by atoms with van der Waals surface area (Å²) in [6.07, 6.45) is 0.777. The lowest BCUT2D eigenvalue weighted by atomic mass is 9.97. The van der Waals surface area contributed by atoms with Crippen LogP contribution in [0.1, 0.15) is 12.8 Å². The van der Waals surface area contributed by atoms with Gasteiger partial charge in [0.05, 0.1) is 12.0 Å². The first-order valence-corrected chi connectivity index (χ1v) is 11.7. The van der Waals surface area contributed by atoms with Crippen LogP contribution in [-0.4, -0.2) is 49.0 Å². The zero-order valence-electron chi connectivity index (χ0n) is 17.2. The van der Waals surface area contributed by atoms with Gasteiger partial charge in [-0.15, -0.1) is 5.10 Å². The molecule has 1 saturated heterocycles. The van der Waals surface area contributed by atoms with Crippen LogP contribution >= 0.6 is 11.6 Å². The number of sulfonamides is 1. The Labute approximate surface area is 190 Å². The first-order valence-electron chi connectivity index (χ1n) is 9.91. The second-order valence-electron chi connectivity index (χ2n) is 7.26. The molecule has 1 aliphatic rings. The molecule has 32 heavy (non-hydrogen) atoms. The lowest BCUT2D eigenvalue weighted by molar-refractivity contribution is -0.121. The van der Waals surface area contributed by atoms with Gasteiger partial charge in [0.2, 0.25) is 21.8 Å². The summed E-state index contributed by atoms with van der Waals surface area (Å²) in [7, 11) is -2.11. The molecule has 1 aliphatic heterocycles. The van der Waals surface area contributed by atoms with Crippen molar-refractivity contribution in [1.29, 1.82) is 0 Å². The summed E-state index contributed by atoms with van der Waals surface area (Å²) in [5, 5.41) is 11.0. The Bertz CT molecular complexity index is 1190. The van der Waals surface area contributed by atoms with Crippen LogP contribution in [0.5, 0.6) is 5.75 Å². The van der Waals surface area contributed by atoms with Gasteiger partial charge in [-0.1, -0.05) is 16.7 Å². The predicted octanol–water partition coefficient (Wildman–Crippen LogP) is 3.44. The van der Waals surface area contributed by atoms with E-state index < -0.39 is 10.0 Å². The number of piperidine rings is 1. The smallest absolute Gasteiger partial charge is 0.322 e. The van der Waals surface area contributed by atoms with Crippen molar-refractivity contribution in [3.05, 3.63) is 53.6 Å². The van der Waals surface area contributed by atoms with Gasteiger partial charge in [0.25, 0.3) is 0 Å². The van der Waals surface area contributed by atoms with Crippen LogP contribution < -0.4 is 10.1 Å². The molecule has 2 heterocycles. The van der Waals surface area contributed by atoms with Crippen molar-refractivity contribution < 1.29 is 22.4 Å². The Hall–Kier alpha value is -2.95. The molecule has 0 bridgehead atoms. The molecule has 1 N–H and O–H groups in total. The predicted molar refractivity (Wildman–Crippen MR) is 118 cm³/mol. The number of carbonyl (C=O) groups excluding carboxylic acids is 1. The van der Waals surface area contributed by atoms with E-state index >= 15 is 0 Å². The van der Waals surface area contributed by atoms with Crippen molar-refractivity contribution in [2.24, 2.45) is 5.92 Å². The van der Waals surface area contributed by atoms with Crippen LogP contribution in [0.3, 0.4) is 0 Å². The van der Waals surface area contributed by atoms with Crippen LogP contribution in [0, 0.1) is 5.92 Å². The van der Waals surface area contributed by atoms with Crippen molar-refractivity contribution in [1.82, 2.24) is 14.5 Å². The minimum absolute atomic E-state index is 0.00626. The lowest BCUT2D eigenvalue weighted by Gasteiger charge is -2.30. The molecule has 9 nitrogen and oxygen atoms in total. The second kappa shape index (κ2) is 9.27. The average molecular weight is 477 g/mol. The van der Waals surface area contributed by atoms with Gasteiger partial charge in [-0.2, -0.15) is 4.31 Å². The molecule has 0 spiro atoms. The van der Waals surface area contributed by atoms with Crippen molar-refractivity contribution in [3.63, 3.8) is 0 Å². The summed E-state index contributed by atoms with van der Waals surface area (Å²) >= 11 is 5.87. The van der Waals surface area contributed by atoms with Gasteiger partial charge in [-0.25, -0.2) is 8.42 Å². The van der Waals surface area contributed by atoms with Crippen LogP contribution in [0.4, 0.5) is 6.01 Å². The third-order valence-electron chi connectivity index (χ3n) is 5.27. The maximum absolute atomic E-state index is 12.9. The highest BCUT2D eigenvalue weighted by atomic mass is 35.5. The number of anilines is 1. The molecule has 3 aromatic rings. The van der Waals surface area contributed by atoms with E-state index in [1.807, 2.05) is 0 Å². The minimum atomic E-state index is -3.63. The van der Waals surface area contributed by atoms with Crippen LogP contribution in [0.2, 0.25) is 5.02 Å². The Kier molecular flexibility index (Phi) is 6.45. The molecule has 4 rings (SSSR count). The molecule has 0 atom stereocenters. The number of amides is 1. The van der Waals surface area contributed by atoms with Crippen molar-refractivity contribution in [2.45, 2.75) is 17.7 Å². The molecule has 1 amide bonds. The van der Waals surface area contributed by atoms with Gasteiger partial charge in [0.1, 0.15) is 5.75 Å². The summed E-state index contributed by atoms with van der Waals surface area (Å²) in [4.78, 5) is 12.8. The van der Waals surface area contributed by atoms with Gasteiger partial charge < -0.3 is 9.15 Å². The number of hydrogen-bond donors (Lipinski definition) is 1. The molecule has 1 fully saturated rings. The third kappa shape index (κ3) is 4.77. The number of rotatable bonds is 6. The van der Waals surface area contributed by atoms with Crippen LogP contribution in [0.15, 0.2) is 57.8 Å². The molecule has 11 heteroatoms. The van der Waals surface area contributed by atoms with E-state index in [0.29, 0.717) is 29.2 Å². The van der Waals surface area contributed by atoms with E-state index in [1.54, 1.807) is 36.4 Å². The summed E-state index contributed by atoms with van der Waals surface area (Å²) in [5.41, 5.74) is 0.680. The molecule has 0 radical (unpaired) electrons. The molecule has 0 saturated carbocycles. The normalized spacial score (nSPS) is 15.4. The van der Waals surface area contributed by atoms with E-state index in [-0.39, 0.29) is 41.7 Å². The number of nitrogens with one attached hydrogen (secondary N) is 1. The number of benzene rings is 2. The summed E-state index contributed by atoms with van der Waals surface area (Å²) < 4.78 is 37.7. The highest BCUT2D eigenvalue weighted by Gasteiger charge is 2.32. The highest BCUT2D eigenvalue weighted by molar-refractivity contribution is 7.89. The van der Waals surface area contributed by atoms with Crippen LogP contribution in [0.25, 0.3) is 11.5 Å². The Balaban J connectivity index is 1.35. The topological polar surface area (TPSA) is 115 Å². The fraction of sp³-hybridized carbons (Fsp3) is 0.286. The first-order chi connectivity index (χ1) is 15.4. The monoisotopic (exact) mass is 476 g/mol. The number of hydrogen-bond acceptors (Lipinski definition) is 7. The number of carbonyl (C=O) groups is 1. The quantitative estimate of drug-likeness (QED) is 0.579. The maximum atomic E-state index is 12.9. The molecule has 1 aromatic heterocycles. The van der Waals surface area contributed by atoms with Crippen molar-refractivity contribution in [2.75, 3.05) is 25.5 Å². The first kappa shape index (κ1) is 22.3. The fourth-order valence-corrected chi connectivity index (χ4v) is 5.04. The van der Waals surface area contributed by atoms with Crippen molar-refractivity contribution >= 4 is 33.5 Å². The largest absolute Gasteiger partial charge is 0.497 e. The number of halogens is 1. The molecular weight excluding hydrogens is 456 g/mol. The van der Waals surface area contributed by atoms with Crippen LogP contribution in [-0.2, 0) is 14.8 Å². The fourth-order valence-electron chi connectivity index (χ4n) is 3.45. The molecule has 0 aliphatic carbocycles. The Morgan fingerprint density at radius 3 is 2.38 bits per heavy atom. The molecule has 0 unspecified atom stereocenters. The van der Waals surface area contributed by atoms with E-state index in [0.717, 1.165) is 0 Å². The van der Waals surface area contributed by atoms with E-state index in [9.17, 15) is 13.2 Å². The summed E-state index contributed by atoms with van der Waals surface area (Å²) in [6.45, 7) is 0.485. The SMILES string of the molecule is COc1ccc(S(=O)(=O)N2CCC(C(=O)Nc3nnc(-c4ccc(Cl)cc4)o3)CC2)cc1. The molecule has 2 aromatic carbocycles. The van der Waals surface area contributed by atoms with E-state index in [1.165, 1.54) is 23.5 Å². The minimum Gasteiger partial charge on any atom is -0.497 e. The van der Waals surface area contributed by atoms with Crippen molar-refractivity contribution in [3.8, 4) is 17.2 Å². The number of ether oxygens (including phenoxy) is 1. The van der Waals surface area contributed by atoms with Gasteiger partial charge in [-0.05, 0) is 61.4 Å². The maximum Gasteiger partial charge on any atom is 0.322 e. The van der Waals surface area contributed by atoms with Gasteiger partial charge in [0, 0.05) is 29.6 Å². The standard InChI is InChI=1S/C21H21ClN4O5S/c1-30-17-6-8-18(9-7-17)32(28,29)26-12-10-14(11-13-26)19(27)23-21-25-24-20(31-21)15-2-4-16(22)5-3-15/h2-9,14H,10-13H2,1H3,(H,23,25,27). The molecule has 168 valence electrons. The zero-order valence-corrected chi connectivity index (χ0v) is 18.8. The summed E-state index contributed by atoms with van der Waals surface area (Å²) in [6, 6.07) is 13.1. The van der Waals surface area contributed by atoms with Gasteiger partial charge >= 0.3 is 6.01 Å².